The Balaban J connectivity index is 1.58. The maximum atomic E-state index is 12.5. The van der Waals surface area contributed by atoms with Gasteiger partial charge in [0.25, 0.3) is 0 Å². The van der Waals surface area contributed by atoms with Crippen molar-refractivity contribution in [3.8, 4) is 0 Å². The lowest BCUT2D eigenvalue weighted by Gasteiger charge is -2.27. The standard InChI is InChI=1S/C14H23N3O2/c15-12-3-1-10-7-17(8-11(10)5-12)14(19)9-2-4-13(18)16-6-9/h9-12H,1-8,15H2,(H,16,18)/t9?,10-,11+,12?/m1/s1. The lowest BCUT2D eigenvalue weighted by Crippen LogP contribution is -2.44. The number of nitrogens with zero attached hydrogens (tertiary/aromatic N) is 1. The van der Waals surface area contributed by atoms with Gasteiger partial charge in [-0.2, -0.15) is 0 Å². The van der Waals surface area contributed by atoms with Crippen LogP contribution in [0.2, 0.25) is 0 Å². The third-order valence-corrected chi connectivity index (χ3v) is 5.02. The monoisotopic (exact) mass is 265 g/mol. The van der Waals surface area contributed by atoms with E-state index in [0.717, 1.165) is 32.4 Å². The highest BCUT2D eigenvalue weighted by Gasteiger charge is 2.40. The van der Waals surface area contributed by atoms with Crippen molar-refractivity contribution in [3.63, 3.8) is 0 Å². The van der Waals surface area contributed by atoms with E-state index in [1.807, 2.05) is 4.90 Å². The van der Waals surface area contributed by atoms with Gasteiger partial charge in [-0.3, -0.25) is 9.59 Å². The summed E-state index contributed by atoms with van der Waals surface area (Å²) in [6, 6.07) is 0.324. The van der Waals surface area contributed by atoms with Crippen LogP contribution in [-0.2, 0) is 9.59 Å². The lowest BCUT2D eigenvalue weighted by molar-refractivity contribution is -0.136. The van der Waals surface area contributed by atoms with Crippen LogP contribution < -0.4 is 11.1 Å². The minimum atomic E-state index is -0.00785. The molecule has 3 aliphatic rings. The van der Waals surface area contributed by atoms with Crippen molar-refractivity contribution >= 4 is 11.8 Å². The Bertz CT molecular complexity index is 375. The summed E-state index contributed by atoms with van der Waals surface area (Å²) in [6.07, 6.45) is 4.52. The summed E-state index contributed by atoms with van der Waals surface area (Å²) < 4.78 is 0. The molecule has 5 nitrogen and oxygen atoms in total. The van der Waals surface area contributed by atoms with Gasteiger partial charge in [-0.1, -0.05) is 0 Å². The first kappa shape index (κ1) is 12.9. The summed E-state index contributed by atoms with van der Waals surface area (Å²) in [5, 5.41) is 2.80. The molecule has 1 aliphatic carbocycles. The molecule has 5 heteroatoms. The summed E-state index contributed by atoms with van der Waals surface area (Å²) in [4.78, 5) is 25.6. The summed E-state index contributed by atoms with van der Waals surface area (Å²) in [7, 11) is 0. The highest BCUT2D eigenvalue weighted by atomic mass is 16.2. The maximum Gasteiger partial charge on any atom is 0.227 e. The molecule has 0 aromatic heterocycles. The van der Waals surface area contributed by atoms with Crippen LogP contribution >= 0.6 is 0 Å². The second-order valence-corrected chi connectivity index (χ2v) is 6.38. The zero-order valence-corrected chi connectivity index (χ0v) is 11.3. The number of likely N-dealkylation sites (tertiary alicyclic amines) is 1. The molecular weight excluding hydrogens is 242 g/mol. The molecule has 3 N–H and O–H groups in total. The molecule has 0 aromatic rings. The van der Waals surface area contributed by atoms with E-state index in [9.17, 15) is 9.59 Å². The van der Waals surface area contributed by atoms with E-state index in [2.05, 4.69) is 5.32 Å². The van der Waals surface area contributed by atoms with E-state index in [-0.39, 0.29) is 17.7 Å². The Morgan fingerprint density at radius 2 is 2.00 bits per heavy atom. The lowest BCUT2D eigenvalue weighted by atomic mass is 9.79. The van der Waals surface area contributed by atoms with Gasteiger partial charge in [0.2, 0.25) is 11.8 Å². The predicted octanol–water partition coefficient (Wildman–Crippen LogP) is 0.0984. The van der Waals surface area contributed by atoms with Crippen molar-refractivity contribution < 1.29 is 9.59 Å². The van der Waals surface area contributed by atoms with Crippen molar-refractivity contribution in [2.24, 2.45) is 23.5 Å². The van der Waals surface area contributed by atoms with Crippen molar-refractivity contribution in [2.75, 3.05) is 19.6 Å². The molecule has 1 saturated carbocycles. The zero-order valence-electron chi connectivity index (χ0n) is 11.3. The van der Waals surface area contributed by atoms with E-state index in [1.54, 1.807) is 0 Å². The fraction of sp³-hybridized carbons (Fsp3) is 0.857. The number of rotatable bonds is 1. The summed E-state index contributed by atoms with van der Waals surface area (Å²) >= 11 is 0. The van der Waals surface area contributed by atoms with E-state index in [4.69, 9.17) is 5.73 Å². The molecule has 4 atom stereocenters. The highest BCUT2D eigenvalue weighted by Crippen LogP contribution is 2.36. The van der Waals surface area contributed by atoms with Crippen LogP contribution in [0.4, 0.5) is 0 Å². The van der Waals surface area contributed by atoms with Gasteiger partial charge in [0.05, 0.1) is 5.92 Å². The fourth-order valence-corrected chi connectivity index (χ4v) is 3.85. The molecule has 0 aromatic carbocycles. The van der Waals surface area contributed by atoms with Crippen LogP contribution in [0.15, 0.2) is 0 Å². The van der Waals surface area contributed by atoms with Gasteiger partial charge >= 0.3 is 0 Å². The Hall–Kier alpha value is -1.10. The van der Waals surface area contributed by atoms with Crippen molar-refractivity contribution in [3.05, 3.63) is 0 Å². The number of nitrogens with one attached hydrogen (secondary N) is 1. The van der Waals surface area contributed by atoms with Crippen molar-refractivity contribution in [2.45, 2.75) is 38.1 Å². The quantitative estimate of drug-likeness (QED) is 0.706. The van der Waals surface area contributed by atoms with E-state index < -0.39 is 0 Å². The second kappa shape index (κ2) is 5.12. The highest BCUT2D eigenvalue weighted by molar-refractivity contribution is 5.84. The first-order chi connectivity index (χ1) is 9.13. The topological polar surface area (TPSA) is 75.4 Å². The van der Waals surface area contributed by atoms with E-state index >= 15 is 0 Å². The number of carbonyl (C=O) groups excluding carboxylic acids is 2. The number of hydrogen-bond donors (Lipinski definition) is 2. The Morgan fingerprint density at radius 1 is 1.21 bits per heavy atom. The average Bonchev–Trinajstić information content (AvgIpc) is 2.81. The van der Waals surface area contributed by atoms with Gasteiger partial charge < -0.3 is 16.0 Å². The molecule has 0 bridgehead atoms. The largest absolute Gasteiger partial charge is 0.355 e. The van der Waals surface area contributed by atoms with Gasteiger partial charge in [-0.05, 0) is 37.5 Å². The van der Waals surface area contributed by atoms with Gasteiger partial charge in [-0.25, -0.2) is 0 Å². The first-order valence-corrected chi connectivity index (χ1v) is 7.44. The summed E-state index contributed by atoms with van der Waals surface area (Å²) in [5.74, 6) is 1.56. The first-order valence-electron chi connectivity index (χ1n) is 7.44. The van der Waals surface area contributed by atoms with Crippen molar-refractivity contribution in [1.29, 1.82) is 0 Å². The SMILES string of the molecule is NC1CC[C@@H]2CN(C(=O)C3CCC(=O)NC3)C[C@@H]2C1. The number of hydrogen-bond acceptors (Lipinski definition) is 3. The fourth-order valence-electron chi connectivity index (χ4n) is 3.85. The molecule has 19 heavy (non-hydrogen) atoms. The molecule has 2 heterocycles. The maximum absolute atomic E-state index is 12.5. The molecule has 3 rings (SSSR count). The molecule has 106 valence electrons. The molecule has 2 unspecified atom stereocenters. The van der Waals surface area contributed by atoms with Crippen LogP contribution in [-0.4, -0.2) is 42.4 Å². The van der Waals surface area contributed by atoms with Crippen LogP contribution in [0.1, 0.15) is 32.1 Å². The molecule has 2 aliphatic heterocycles. The number of carbonyl (C=O) groups is 2. The average molecular weight is 265 g/mol. The smallest absolute Gasteiger partial charge is 0.227 e. The molecule has 0 spiro atoms. The minimum Gasteiger partial charge on any atom is -0.355 e. The number of amides is 2. The number of fused-ring (bicyclic) bond motifs is 1. The Kier molecular flexibility index (Phi) is 3.48. The minimum absolute atomic E-state index is 0.00785. The van der Waals surface area contributed by atoms with Crippen molar-refractivity contribution in [1.82, 2.24) is 10.2 Å². The van der Waals surface area contributed by atoms with Gasteiger partial charge in [0.15, 0.2) is 0 Å². The second-order valence-electron chi connectivity index (χ2n) is 6.38. The molecule has 3 fully saturated rings. The summed E-state index contributed by atoms with van der Waals surface area (Å²) in [5.41, 5.74) is 6.02. The van der Waals surface area contributed by atoms with E-state index in [1.165, 1.54) is 0 Å². The third-order valence-electron chi connectivity index (χ3n) is 5.02. The van der Waals surface area contributed by atoms with Crippen LogP contribution in [0.5, 0.6) is 0 Å². The summed E-state index contributed by atoms with van der Waals surface area (Å²) in [6.45, 7) is 2.30. The number of nitrogens with two attached hydrogens (primary N) is 1. The van der Waals surface area contributed by atoms with Gasteiger partial charge in [0.1, 0.15) is 0 Å². The van der Waals surface area contributed by atoms with Gasteiger partial charge in [0, 0.05) is 32.1 Å². The van der Waals surface area contributed by atoms with E-state index in [0.29, 0.717) is 37.3 Å². The molecule has 2 amide bonds. The van der Waals surface area contributed by atoms with Crippen LogP contribution in [0.3, 0.4) is 0 Å². The third kappa shape index (κ3) is 2.61. The Morgan fingerprint density at radius 3 is 2.74 bits per heavy atom. The Labute approximate surface area is 113 Å². The molecule has 0 radical (unpaired) electrons. The molecular formula is C14H23N3O2. The number of piperidine rings is 1. The molecule has 2 saturated heterocycles. The predicted molar refractivity (Wildman–Crippen MR) is 71.1 cm³/mol. The van der Waals surface area contributed by atoms with Crippen LogP contribution in [0.25, 0.3) is 0 Å². The zero-order chi connectivity index (χ0) is 13.4. The normalized spacial score (nSPS) is 38.8. The van der Waals surface area contributed by atoms with Gasteiger partial charge in [-0.15, -0.1) is 0 Å². The van der Waals surface area contributed by atoms with Crippen LogP contribution in [0, 0.1) is 17.8 Å².